The number of methoxy groups -OCH3 is 3. The zero-order valence-electron chi connectivity index (χ0n) is 19.9. The predicted molar refractivity (Wildman–Crippen MR) is 125 cm³/mol. The third-order valence-corrected chi connectivity index (χ3v) is 5.65. The third-order valence-electron chi connectivity index (χ3n) is 5.65. The molecule has 0 aliphatic rings. The molecule has 2 heterocycles. The summed E-state index contributed by atoms with van der Waals surface area (Å²) >= 11 is 0. The number of hydrogen-bond donors (Lipinski definition) is 1. The summed E-state index contributed by atoms with van der Waals surface area (Å²) in [5, 5.41) is 6.60. The van der Waals surface area contributed by atoms with Gasteiger partial charge in [0.25, 0.3) is 5.91 Å². The van der Waals surface area contributed by atoms with Crippen molar-refractivity contribution in [3.8, 4) is 28.5 Å². The van der Waals surface area contributed by atoms with Crippen molar-refractivity contribution < 1.29 is 32.2 Å². The van der Waals surface area contributed by atoms with Gasteiger partial charge in [-0.2, -0.15) is 18.3 Å². The maximum atomic E-state index is 13.9. The molecule has 11 heteroatoms. The summed E-state index contributed by atoms with van der Waals surface area (Å²) in [6.07, 6.45) is -3.67. The Morgan fingerprint density at radius 3 is 2.28 bits per heavy atom. The van der Waals surface area contributed by atoms with Crippen LogP contribution in [0.4, 0.5) is 13.2 Å². The highest BCUT2D eigenvalue weighted by Gasteiger charge is 2.36. The van der Waals surface area contributed by atoms with E-state index in [1.165, 1.54) is 20.3 Å². The number of carbonyl (C=O) groups is 1. The van der Waals surface area contributed by atoms with Gasteiger partial charge in [-0.3, -0.25) is 4.79 Å². The maximum absolute atomic E-state index is 13.9. The fourth-order valence-corrected chi connectivity index (χ4v) is 3.72. The van der Waals surface area contributed by atoms with Crippen molar-refractivity contribution in [2.24, 2.45) is 0 Å². The van der Waals surface area contributed by atoms with E-state index in [0.29, 0.717) is 27.3 Å². The van der Waals surface area contributed by atoms with Crippen LogP contribution < -0.4 is 19.5 Å². The zero-order valence-corrected chi connectivity index (χ0v) is 19.9. The summed E-state index contributed by atoms with van der Waals surface area (Å²) in [7, 11) is 4.42. The van der Waals surface area contributed by atoms with E-state index in [2.05, 4.69) is 15.4 Å². The molecule has 1 amide bonds. The second-order valence-electron chi connectivity index (χ2n) is 7.86. The van der Waals surface area contributed by atoms with E-state index in [4.69, 9.17) is 14.2 Å². The number of ether oxygens (including phenoxy) is 3. The Hall–Kier alpha value is -4.28. The molecular weight excluding hydrogens is 477 g/mol. The van der Waals surface area contributed by atoms with Gasteiger partial charge < -0.3 is 19.5 Å². The van der Waals surface area contributed by atoms with Crippen molar-refractivity contribution in [3.05, 3.63) is 71.5 Å². The van der Waals surface area contributed by atoms with Crippen LogP contribution in [0.2, 0.25) is 0 Å². The third kappa shape index (κ3) is 4.77. The second-order valence-corrected chi connectivity index (χ2v) is 7.86. The molecular formula is C25H23F3N4O4. The molecule has 2 aromatic carbocycles. The van der Waals surface area contributed by atoms with Gasteiger partial charge in [0, 0.05) is 5.56 Å². The van der Waals surface area contributed by atoms with Gasteiger partial charge in [-0.25, -0.2) is 9.50 Å². The Morgan fingerprint density at radius 1 is 0.972 bits per heavy atom. The van der Waals surface area contributed by atoms with Crippen LogP contribution in [-0.2, 0) is 6.18 Å². The summed E-state index contributed by atoms with van der Waals surface area (Å²) in [5.41, 5.74) is -0.263. The topological polar surface area (TPSA) is 87.0 Å². The van der Waals surface area contributed by atoms with Crippen LogP contribution in [0.1, 0.15) is 34.6 Å². The largest absolute Gasteiger partial charge is 0.497 e. The number of amides is 1. The Labute approximate surface area is 204 Å². The van der Waals surface area contributed by atoms with Gasteiger partial charge in [0.05, 0.1) is 39.3 Å². The number of rotatable bonds is 7. The Kier molecular flexibility index (Phi) is 6.73. The van der Waals surface area contributed by atoms with Crippen molar-refractivity contribution >= 4 is 11.6 Å². The van der Waals surface area contributed by atoms with Crippen LogP contribution in [-0.4, -0.2) is 41.8 Å². The molecule has 2 aromatic heterocycles. The molecule has 0 saturated heterocycles. The number of alkyl halides is 3. The van der Waals surface area contributed by atoms with E-state index in [9.17, 15) is 18.0 Å². The SMILES string of the molecule is COc1ccc(C(C)NC(=O)c2cnn3c(C(F)(F)F)cc(-c4ccc(OC)c(OC)c4)nc23)cc1. The summed E-state index contributed by atoms with van der Waals surface area (Å²) in [6.45, 7) is 1.76. The van der Waals surface area contributed by atoms with Crippen LogP contribution in [0, 0.1) is 0 Å². The lowest BCUT2D eigenvalue weighted by molar-refractivity contribution is -0.142. The quantitative estimate of drug-likeness (QED) is 0.387. The first-order chi connectivity index (χ1) is 17.2. The second kappa shape index (κ2) is 9.76. The summed E-state index contributed by atoms with van der Waals surface area (Å²) < 4.78 is 58.0. The molecule has 0 fully saturated rings. The van der Waals surface area contributed by atoms with Crippen LogP contribution in [0.3, 0.4) is 0 Å². The maximum Gasteiger partial charge on any atom is 0.433 e. The first-order valence-corrected chi connectivity index (χ1v) is 10.8. The highest BCUT2D eigenvalue weighted by Crippen LogP contribution is 2.36. The molecule has 36 heavy (non-hydrogen) atoms. The first kappa shape index (κ1) is 24.8. The Balaban J connectivity index is 1.76. The Bertz CT molecular complexity index is 1400. The van der Waals surface area contributed by atoms with E-state index in [1.807, 2.05) is 0 Å². The molecule has 4 aromatic rings. The molecule has 0 aliphatic heterocycles. The molecule has 0 aliphatic carbocycles. The van der Waals surface area contributed by atoms with E-state index < -0.39 is 23.8 Å². The molecule has 4 rings (SSSR count). The minimum absolute atomic E-state index is 0.00599. The predicted octanol–water partition coefficient (Wildman–Crippen LogP) is 4.93. The van der Waals surface area contributed by atoms with E-state index >= 15 is 0 Å². The lowest BCUT2D eigenvalue weighted by Crippen LogP contribution is -2.26. The molecule has 0 spiro atoms. The molecule has 0 saturated carbocycles. The van der Waals surface area contributed by atoms with Crippen molar-refractivity contribution in [3.63, 3.8) is 0 Å². The van der Waals surface area contributed by atoms with Gasteiger partial charge in [-0.1, -0.05) is 12.1 Å². The van der Waals surface area contributed by atoms with Crippen molar-refractivity contribution in [2.45, 2.75) is 19.1 Å². The highest BCUT2D eigenvalue weighted by molar-refractivity contribution is 6.00. The van der Waals surface area contributed by atoms with E-state index in [0.717, 1.165) is 17.8 Å². The zero-order chi connectivity index (χ0) is 26.0. The van der Waals surface area contributed by atoms with Gasteiger partial charge in [0.15, 0.2) is 22.8 Å². The van der Waals surface area contributed by atoms with E-state index in [-0.39, 0.29) is 16.9 Å². The standard InChI is InChI=1S/C25H23F3N4O4/c1-14(15-5-8-17(34-2)9-6-15)30-24(33)18-13-29-32-22(25(26,27)28)12-19(31-23(18)32)16-7-10-20(35-3)21(11-16)36-4/h5-14H,1-4H3,(H,30,33). The summed E-state index contributed by atoms with van der Waals surface area (Å²) in [5.74, 6) is 0.783. The molecule has 1 N–H and O–H groups in total. The number of nitrogens with one attached hydrogen (secondary N) is 1. The van der Waals surface area contributed by atoms with Gasteiger partial charge >= 0.3 is 6.18 Å². The monoisotopic (exact) mass is 500 g/mol. The van der Waals surface area contributed by atoms with Gasteiger partial charge in [-0.15, -0.1) is 0 Å². The number of aromatic nitrogens is 3. The number of halogens is 3. The average Bonchev–Trinajstić information content (AvgIpc) is 3.31. The number of nitrogens with zero attached hydrogens (tertiary/aromatic N) is 3. The molecule has 1 atom stereocenters. The summed E-state index contributed by atoms with van der Waals surface area (Å²) in [4.78, 5) is 17.4. The minimum atomic E-state index is -4.75. The Morgan fingerprint density at radius 2 is 1.67 bits per heavy atom. The minimum Gasteiger partial charge on any atom is -0.497 e. The molecule has 188 valence electrons. The molecule has 0 bridgehead atoms. The summed E-state index contributed by atoms with van der Waals surface area (Å²) in [6, 6.07) is 12.2. The first-order valence-electron chi connectivity index (χ1n) is 10.8. The van der Waals surface area contributed by atoms with Gasteiger partial charge in [0.1, 0.15) is 11.3 Å². The lowest BCUT2D eigenvalue weighted by Gasteiger charge is -2.15. The van der Waals surface area contributed by atoms with Crippen LogP contribution in [0.5, 0.6) is 17.2 Å². The van der Waals surface area contributed by atoms with E-state index in [1.54, 1.807) is 50.4 Å². The number of carbonyl (C=O) groups excluding carboxylic acids is 1. The van der Waals surface area contributed by atoms with Crippen molar-refractivity contribution in [2.75, 3.05) is 21.3 Å². The van der Waals surface area contributed by atoms with Crippen LogP contribution >= 0.6 is 0 Å². The fourth-order valence-electron chi connectivity index (χ4n) is 3.72. The number of hydrogen-bond acceptors (Lipinski definition) is 6. The molecule has 1 unspecified atom stereocenters. The van der Waals surface area contributed by atoms with Crippen LogP contribution in [0.15, 0.2) is 54.7 Å². The van der Waals surface area contributed by atoms with Crippen molar-refractivity contribution in [1.29, 1.82) is 0 Å². The fraction of sp³-hybridized carbons (Fsp3) is 0.240. The van der Waals surface area contributed by atoms with Gasteiger partial charge in [0.2, 0.25) is 0 Å². The smallest absolute Gasteiger partial charge is 0.433 e. The molecule has 0 radical (unpaired) electrons. The lowest BCUT2D eigenvalue weighted by atomic mass is 10.1. The van der Waals surface area contributed by atoms with Gasteiger partial charge in [-0.05, 0) is 48.9 Å². The van der Waals surface area contributed by atoms with Crippen molar-refractivity contribution in [1.82, 2.24) is 19.9 Å². The van der Waals surface area contributed by atoms with Crippen LogP contribution in [0.25, 0.3) is 16.9 Å². The highest BCUT2D eigenvalue weighted by atomic mass is 19.4. The average molecular weight is 500 g/mol. The number of benzene rings is 2. The molecule has 8 nitrogen and oxygen atoms in total. The number of fused-ring (bicyclic) bond motifs is 1. The normalized spacial score (nSPS) is 12.3.